The molecule has 0 amide bonds. The van der Waals surface area contributed by atoms with Gasteiger partial charge in [-0.15, -0.1) is 23.5 Å². The fraction of sp³-hybridized carbons (Fsp3) is 0.571. The molecule has 1 aliphatic rings. The maximum atomic E-state index is 4.19. The molecular formula is C21H30N2S2. The van der Waals surface area contributed by atoms with Crippen LogP contribution in [0.4, 0.5) is 0 Å². The van der Waals surface area contributed by atoms with Crippen LogP contribution in [-0.2, 0) is 16.0 Å². The number of hydrogen-bond acceptors (Lipinski definition) is 3. The summed E-state index contributed by atoms with van der Waals surface area (Å²) in [5.41, 5.74) is 3.10. The van der Waals surface area contributed by atoms with E-state index < -0.39 is 0 Å². The Bertz CT molecular complexity index is 648. The van der Waals surface area contributed by atoms with Gasteiger partial charge in [-0.05, 0) is 40.4 Å². The van der Waals surface area contributed by atoms with Crippen molar-refractivity contribution in [2.24, 2.45) is 5.92 Å². The van der Waals surface area contributed by atoms with E-state index in [0.29, 0.717) is 0 Å². The van der Waals surface area contributed by atoms with Crippen LogP contribution in [0.15, 0.2) is 43.0 Å². The van der Waals surface area contributed by atoms with Crippen LogP contribution in [0.5, 0.6) is 0 Å². The van der Waals surface area contributed by atoms with Crippen molar-refractivity contribution in [1.82, 2.24) is 9.55 Å². The van der Waals surface area contributed by atoms with E-state index in [-0.39, 0.29) is 9.49 Å². The number of rotatable bonds is 5. The molecule has 0 aliphatic carbocycles. The summed E-state index contributed by atoms with van der Waals surface area (Å²) >= 11 is 4.32. The van der Waals surface area contributed by atoms with Crippen molar-refractivity contribution >= 4 is 23.5 Å². The van der Waals surface area contributed by atoms with Gasteiger partial charge in [0, 0.05) is 18.9 Å². The number of aryl methyl sites for hydroxylation is 1. The number of benzene rings is 1. The van der Waals surface area contributed by atoms with E-state index in [1.165, 1.54) is 29.1 Å². The average Bonchev–Trinajstić information content (AvgIpc) is 3.13. The lowest BCUT2D eigenvalue weighted by atomic mass is 9.86. The maximum Gasteiger partial charge on any atom is 0.0945 e. The summed E-state index contributed by atoms with van der Waals surface area (Å²) in [5.74, 6) is 3.40. The van der Waals surface area contributed by atoms with Crippen molar-refractivity contribution < 1.29 is 0 Å². The molecule has 0 bridgehead atoms. The van der Waals surface area contributed by atoms with Gasteiger partial charge in [-0.25, -0.2) is 4.98 Å². The molecule has 0 N–H and O–H groups in total. The van der Waals surface area contributed by atoms with Gasteiger partial charge in [-0.3, -0.25) is 0 Å². The van der Waals surface area contributed by atoms with E-state index >= 15 is 0 Å². The Hall–Kier alpha value is -0.870. The number of thioether (sulfide) groups is 2. The normalized spacial score (nSPS) is 24.4. The summed E-state index contributed by atoms with van der Waals surface area (Å²) < 4.78 is 2.38. The van der Waals surface area contributed by atoms with E-state index in [2.05, 4.69) is 91.2 Å². The minimum absolute atomic E-state index is 0.173. The van der Waals surface area contributed by atoms with Gasteiger partial charge >= 0.3 is 0 Å². The van der Waals surface area contributed by atoms with E-state index in [9.17, 15) is 0 Å². The fourth-order valence-corrected chi connectivity index (χ4v) is 6.89. The molecule has 0 radical (unpaired) electrons. The number of hydrogen-bond donors (Lipinski definition) is 0. The number of nitrogens with zero attached hydrogens (tertiary/aromatic N) is 2. The van der Waals surface area contributed by atoms with Crippen molar-refractivity contribution in [3.05, 3.63) is 54.1 Å². The topological polar surface area (TPSA) is 17.8 Å². The predicted octanol–water partition coefficient (Wildman–Crippen LogP) is 5.93. The summed E-state index contributed by atoms with van der Waals surface area (Å²) in [6.07, 6.45) is 8.32. The van der Waals surface area contributed by atoms with Gasteiger partial charge in [0.25, 0.3) is 0 Å². The lowest BCUT2D eigenvalue weighted by molar-refractivity contribution is 0.582. The second-order valence-electron chi connectivity index (χ2n) is 8.03. The molecule has 0 spiro atoms. The first-order valence-corrected chi connectivity index (χ1v) is 11.2. The highest BCUT2D eigenvalue weighted by atomic mass is 32.2. The van der Waals surface area contributed by atoms with Crippen molar-refractivity contribution in [3.63, 3.8) is 0 Å². The van der Waals surface area contributed by atoms with E-state index in [1.54, 1.807) is 0 Å². The summed E-state index contributed by atoms with van der Waals surface area (Å²) in [7, 11) is 0. The smallest absolute Gasteiger partial charge is 0.0945 e. The van der Waals surface area contributed by atoms with Crippen LogP contribution in [0.2, 0.25) is 0 Å². The summed E-state index contributed by atoms with van der Waals surface area (Å²) in [4.78, 5) is 4.19. The predicted molar refractivity (Wildman–Crippen MR) is 112 cm³/mol. The molecular weight excluding hydrogens is 344 g/mol. The van der Waals surface area contributed by atoms with Crippen molar-refractivity contribution in [1.29, 1.82) is 0 Å². The molecule has 0 atom stereocenters. The molecule has 2 heterocycles. The van der Waals surface area contributed by atoms with Gasteiger partial charge < -0.3 is 4.57 Å². The van der Waals surface area contributed by atoms with Crippen molar-refractivity contribution in [2.75, 3.05) is 11.5 Å². The Morgan fingerprint density at radius 1 is 1.16 bits per heavy atom. The van der Waals surface area contributed by atoms with Crippen molar-refractivity contribution in [3.8, 4) is 0 Å². The maximum absolute atomic E-state index is 4.19. The minimum Gasteiger partial charge on any atom is -0.337 e. The molecule has 0 saturated carbocycles. The number of imidazole rings is 1. The zero-order valence-electron chi connectivity index (χ0n) is 15.9. The van der Waals surface area contributed by atoms with Crippen LogP contribution in [0, 0.1) is 5.92 Å². The van der Waals surface area contributed by atoms with Crippen molar-refractivity contribution in [2.45, 2.75) is 56.6 Å². The van der Waals surface area contributed by atoms with Gasteiger partial charge in [0.15, 0.2) is 0 Å². The highest BCUT2D eigenvalue weighted by Gasteiger charge is 2.38. The van der Waals surface area contributed by atoms with Gasteiger partial charge in [0.1, 0.15) is 0 Å². The molecule has 25 heavy (non-hydrogen) atoms. The van der Waals surface area contributed by atoms with Crippen LogP contribution < -0.4 is 0 Å². The molecule has 1 fully saturated rings. The monoisotopic (exact) mass is 374 g/mol. The summed E-state index contributed by atoms with van der Waals surface area (Å²) in [6.45, 7) is 10.2. The Labute approximate surface area is 161 Å². The van der Waals surface area contributed by atoms with Gasteiger partial charge in [-0.2, -0.15) is 0 Å². The minimum atomic E-state index is 0.173. The first-order chi connectivity index (χ1) is 11.9. The van der Waals surface area contributed by atoms with E-state index in [0.717, 1.165) is 18.9 Å². The first-order valence-electron chi connectivity index (χ1n) is 9.27. The van der Waals surface area contributed by atoms with Crippen LogP contribution in [0.3, 0.4) is 0 Å². The Kier molecular flexibility index (Phi) is 5.89. The SMILES string of the molecule is CCC1CSC(CCn2ccnc2)(c2ccc(C(C)(C)C)cc2)SC1. The third kappa shape index (κ3) is 4.46. The molecule has 0 unspecified atom stereocenters. The Morgan fingerprint density at radius 3 is 2.36 bits per heavy atom. The lowest BCUT2D eigenvalue weighted by Crippen LogP contribution is -2.29. The fourth-order valence-electron chi connectivity index (χ4n) is 3.21. The zero-order chi connectivity index (χ0) is 17.9. The molecule has 1 aliphatic heterocycles. The standard InChI is InChI=1S/C21H30N2S2/c1-5-17-14-24-21(25-15-17,10-12-23-13-11-22-16-23)19-8-6-18(7-9-19)20(2,3)4/h6-9,11,13,16-17H,5,10,12,14-15H2,1-4H3. The molecule has 2 nitrogen and oxygen atoms in total. The highest BCUT2D eigenvalue weighted by molar-refractivity contribution is 8.18. The lowest BCUT2D eigenvalue weighted by Gasteiger charge is -2.40. The van der Waals surface area contributed by atoms with Crippen LogP contribution >= 0.6 is 23.5 Å². The Morgan fingerprint density at radius 2 is 1.84 bits per heavy atom. The molecule has 3 rings (SSSR count). The molecule has 4 heteroatoms. The highest BCUT2D eigenvalue weighted by Crippen LogP contribution is 2.54. The van der Waals surface area contributed by atoms with Crippen LogP contribution in [-0.4, -0.2) is 21.1 Å². The van der Waals surface area contributed by atoms with E-state index in [1.807, 2.05) is 12.5 Å². The van der Waals surface area contributed by atoms with Gasteiger partial charge in [0.2, 0.25) is 0 Å². The third-order valence-corrected chi connectivity index (χ3v) is 8.93. The second-order valence-corrected chi connectivity index (χ2v) is 10.9. The molecule has 136 valence electrons. The second kappa shape index (κ2) is 7.79. The first kappa shape index (κ1) is 18.9. The van der Waals surface area contributed by atoms with Gasteiger partial charge in [-0.1, -0.05) is 58.4 Å². The number of aromatic nitrogens is 2. The zero-order valence-corrected chi connectivity index (χ0v) is 17.5. The molecule has 1 aromatic heterocycles. The molecule has 1 saturated heterocycles. The molecule has 1 aromatic carbocycles. The Balaban J connectivity index is 1.83. The average molecular weight is 375 g/mol. The van der Waals surface area contributed by atoms with Gasteiger partial charge in [0.05, 0.1) is 10.4 Å². The van der Waals surface area contributed by atoms with Crippen LogP contribution in [0.1, 0.15) is 51.7 Å². The quantitative estimate of drug-likeness (QED) is 0.646. The summed E-state index contributed by atoms with van der Waals surface area (Å²) in [6, 6.07) is 9.42. The largest absolute Gasteiger partial charge is 0.337 e. The molecule has 2 aromatic rings. The van der Waals surface area contributed by atoms with Crippen LogP contribution in [0.25, 0.3) is 0 Å². The summed E-state index contributed by atoms with van der Waals surface area (Å²) in [5, 5.41) is 0. The van der Waals surface area contributed by atoms with E-state index in [4.69, 9.17) is 0 Å². The third-order valence-electron chi connectivity index (χ3n) is 5.13.